The van der Waals surface area contributed by atoms with Gasteiger partial charge in [0, 0.05) is 18.4 Å². The molecule has 3 aromatic rings. The summed E-state index contributed by atoms with van der Waals surface area (Å²) in [4.78, 5) is 19.3. The SMILES string of the molecule is CCc1ccc(C2NC(=O)N(CCOC)C(C)=C2c2nc(-c3cccc(OC)c3)no2)cc1. The molecule has 8 nitrogen and oxygen atoms in total. The minimum Gasteiger partial charge on any atom is -0.497 e. The zero-order valence-corrected chi connectivity index (χ0v) is 19.3. The van der Waals surface area contributed by atoms with E-state index in [1.807, 2.05) is 43.3 Å². The van der Waals surface area contributed by atoms with Crippen LogP contribution in [-0.2, 0) is 11.2 Å². The summed E-state index contributed by atoms with van der Waals surface area (Å²) in [6.07, 6.45) is 0.942. The van der Waals surface area contributed by atoms with Crippen molar-refractivity contribution in [2.24, 2.45) is 0 Å². The van der Waals surface area contributed by atoms with E-state index < -0.39 is 6.04 Å². The van der Waals surface area contributed by atoms with E-state index >= 15 is 0 Å². The summed E-state index contributed by atoms with van der Waals surface area (Å²) in [6.45, 7) is 4.83. The molecule has 0 spiro atoms. The van der Waals surface area contributed by atoms with Gasteiger partial charge in [-0.25, -0.2) is 4.79 Å². The Bertz CT molecular complexity index is 1150. The predicted octanol–water partition coefficient (Wildman–Crippen LogP) is 4.45. The molecular formula is C25H28N4O4. The summed E-state index contributed by atoms with van der Waals surface area (Å²) in [5, 5.41) is 7.30. The van der Waals surface area contributed by atoms with Crippen molar-refractivity contribution in [1.29, 1.82) is 0 Å². The second-order valence-corrected chi connectivity index (χ2v) is 7.78. The topological polar surface area (TPSA) is 89.7 Å². The van der Waals surface area contributed by atoms with Crippen LogP contribution in [0.5, 0.6) is 5.75 Å². The lowest BCUT2D eigenvalue weighted by molar-refractivity contribution is 0.158. The Hall–Kier alpha value is -3.65. The molecule has 8 heteroatoms. The van der Waals surface area contributed by atoms with E-state index in [1.54, 1.807) is 19.1 Å². The zero-order chi connectivity index (χ0) is 23.4. The van der Waals surface area contributed by atoms with Gasteiger partial charge in [-0.1, -0.05) is 48.5 Å². The number of nitrogens with zero attached hydrogens (tertiary/aromatic N) is 3. The number of benzene rings is 2. The summed E-state index contributed by atoms with van der Waals surface area (Å²) in [7, 11) is 3.22. The van der Waals surface area contributed by atoms with E-state index in [1.165, 1.54) is 5.56 Å². The van der Waals surface area contributed by atoms with Gasteiger partial charge in [0.1, 0.15) is 5.75 Å². The lowest BCUT2D eigenvalue weighted by atomic mass is 9.93. The van der Waals surface area contributed by atoms with Gasteiger partial charge in [-0.3, -0.25) is 4.90 Å². The fraction of sp³-hybridized carbons (Fsp3) is 0.320. The van der Waals surface area contributed by atoms with Crippen molar-refractivity contribution >= 4 is 11.6 Å². The minimum atomic E-state index is -0.416. The molecular weight excluding hydrogens is 420 g/mol. The molecule has 4 rings (SSSR count). The maximum absolute atomic E-state index is 12.9. The van der Waals surface area contributed by atoms with Crippen LogP contribution in [-0.4, -0.2) is 48.4 Å². The van der Waals surface area contributed by atoms with Crippen molar-refractivity contribution < 1.29 is 18.8 Å². The number of rotatable bonds is 8. The number of aromatic nitrogens is 2. The molecule has 0 radical (unpaired) electrons. The monoisotopic (exact) mass is 448 g/mol. The van der Waals surface area contributed by atoms with Crippen molar-refractivity contribution in [3.05, 3.63) is 71.2 Å². The number of allylic oxidation sites excluding steroid dienone is 1. The number of methoxy groups -OCH3 is 2. The smallest absolute Gasteiger partial charge is 0.322 e. The van der Waals surface area contributed by atoms with E-state index in [-0.39, 0.29) is 6.03 Å². The molecule has 0 fully saturated rings. The van der Waals surface area contributed by atoms with Crippen LogP contribution in [0, 0.1) is 0 Å². The highest BCUT2D eigenvalue weighted by molar-refractivity contribution is 5.86. The van der Waals surface area contributed by atoms with Crippen LogP contribution in [0.15, 0.2) is 58.8 Å². The van der Waals surface area contributed by atoms with E-state index in [0.29, 0.717) is 30.6 Å². The van der Waals surface area contributed by atoms with Crippen molar-refractivity contribution in [1.82, 2.24) is 20.4 Å². The van der Waals surface area contributed by atoms with E-state index in [0.717, 1.165) is 28.8 Å². The molecule has 33 heavy (non-hydrogen) atoms. The maximum atomic E-state index is 12.9. The average molecular weight is 449 g/mol. The predicted molar refractivity (Wildman–Crippen MR) is 125 cm³/mol. The third-order valence-corrected chi connectivity index (χ3v) is 5.82. The van der Waals surface area contributed by atoms with Crippen LogP contribution in [0.2, 0.25) is 0 Å². The van der Waals surface area contributed by atoms with E-state index in [2.05, 4.69) is 34.5 Å². The molecule has 1 atom stereocenters. The van der Waals surface area contributed by atoms with Gasteiger partial charge in [0.2, 0.25) is 5.82 Å². The van der Waals surface area contributed by atoms with Gasteiger partial charge in [0.25, 0.3) is 5.89 Å². The molecule has 1 unspecified atom stereocenters. The maximum Gasteiger partial charge on any atom is 0.322 e. The Morgan fingerprint density at radius 3 is 2.64 bits per heavy atom. The Morgan fingerprint density at radius 1 is 1.15 bits per heavy atom. The second kappa shape index (κ2) is 9.87. The average Bonchev–Trinajstić information content (AvgIpc) is 3.33. The summed E-state index contributed by atoms with van der Waals surface area (Å²) in [6, 6.07) is 15.1. The number of carbonyl (C=O) groups excluding carboxylic acids is 1. The van der Waals surface area contributed by atoms with Gasteiger partial charge >= 0.3 is 6.03 Å². The van der Waals surface area contributed by atoms with Crippen LogP contribution in [0.3, 0.4) is 0 Å². The Labute approximate surface area is 193 Å². The number of ether oxygens (including phenoxy) is 2. The molecule has 0 aliphatic carbocycles. The molecule has 172 valence electrons. The molecule has 2 aromatic carbocycles. The molecule has 0 bridgehead atoms. The molecule has 2 amide bonds. The summed E-state index contributed by atoms with van der Waals surface area (Å²) in [5.74, 6) is 1.51. The van der Waals surface area contributed by atoms with Crippen LogP contribution in [0.1, 0.15) is 36.9 Å². The Morgan fingerprint density at radius 2 is 1.94 bits per heavy atom. The Balaban J connectivity index is 1.78. The normalized spacial score (nSPS) is 16.2. The van der Waals surface area contributed by atoms with Gasteiger partial charge in [0.15, 0.2) is 0 Å². The Kier molecular flexibility index (Phi) is 6.74. The quantitative estimate of drug-likeness (QED) is 0.548. The van der Waals surface area contributed by atoms with E-state index in [9.17, 15) is 4.79 Å². The summed E-state index contributed by atoms with van der Waals surface area (Å²) < 4.78 is 16.2. The van der Waals surface area contributed by atoms with Crippen molar-refractivity contribution in [2.75, 3.05) is 27.4 Å². The van der Waals surface area contributed by atoms with Gasteiger partial charge in [-0.05, 0) is 36.6 Å². The standard InChI is InChI=1S/C25H28N4O4/c1-5-17-9-11-18(12-10-17)22-21(16(2)29(13-14-31-3)25(30)26-22)24-27-23(28-33-24)19-7-6-8-20(15-19)32-4/h6-12,15,22H,5,13-14H2,1-4H3,(H,26,30). The van der Waals surface area contributed by atoms with E-state index in [4.69, 9.17) is 14.0 Å². The first-order chi connectivity index (χ1) is 16.0. The summed E-state index contributed by atoms with van der Waals surface area (Å²) in [5.41, 5.74) is 4.46. The first-order valence-corrected chi connectivity index (χ1v) is 10.9. The third-order valence-electron chi connectivity index (χ3n) is 5.82. The highest BCUT2D eigenvalue weighted by Gasteiger charge is 2.35. The number of aryl methyl sites for hydroxylation is 1. The number of urea groups is 1. The number of nitrogens with one attached hydrogen (secondary N) is 1. The first kappa shape index (κ1) is 22.5. The number of carbonyl (C=O) groups is 1. The fourth-order valence-electron chi connectivity index (χ4n) is 3.92. The van der Waals surface area contributed by atoms with Gasteiger partial charge in [-0.15, -0.1) is 0 Å². The molecule has 1 aromatic heterocycles. The number of hydrogen-bond acceptors (Lipinski definition) is 6. The van der Waals surface area contributed by atoms with Crippen LogP contribution >= 0.6 is 0 Å². The first-order valence-electron chi connectivity index (χ1n) is 10.9. The van der Waals surface area contributed by atoms with Gasteiger partial charge in [0.05, 0.1) is 31.9 Å². The molecule has 1 aliphatic rings. The summed E-state index contributed by atoms with van der Waals surface area (Å²) >= 11 is 0. The lowest BCUT2D eigenvalue weighted by Crippen LogP contribution is -2.47. The fourth-order valence-corrected chi connectivity index (χ4v) is 3.92. The number of amides is 2. The van der Waals surface area contributed by atoms with Crippen LogP contribution < -0.4 is 10.1 Å². The highest BCUT2D eigenvalue weighted by atomic mass is 16.5. The molecule has 0 saturated carbocycles. The van der Waals surface area contributed by atoms with Crippen LogP contribution in [0.25, 0.3) is 17.0 Å². The molecule has 2 heterocycles. The van der Waals surface area contributed by atoms with Crippen LogP contribution in [0.4, 0.5) is 4.79 Å². The lowest BCUT2D eigenvalue weighted by Gasteiger charge is -2.35. The van der Waals surface area contributed by atoms with Crippen molar-refractivity contribution in [2.45, 2.75) is 26.3 Å². The van der Waals surface area contributed by atoms with Gasteiger partial charge < -0.3 is 19.3 Å². The molecule has 1 N–H and O–H groups in total. The van der Waals surface area contributed by atoms with Crippen molar-refractivity contribution in [3.8, 4) is 17.1 Å². The van der Waals surface area contributed by atoms with Gasteiger partial charge in [-0.2, -0.15) is 4.98 Å². The highest BCUT2D eigenvalue weighted by Crippen LogP contribution is 2.37. The third kappa shape index (κ3) is 4.61. The zero-order valence-electron chi connectivity index (χ0n) is 19.3. The molecule has 1 aliphatic heterocycles. The minimum absolute atomic E-state index is 0.189. The second-order valence-electron chi connectivity index (χ2n) is 7.78. The largest absolute Gasteiger partial charge is 0.497 e. The number of hydrogen-bond donors (Lipinski definition) is 1. The molecule has 0 saturated heterocycles. The van der Waals surface area contributed by atoms with Crippen molar-refractivity contribution in [3.63, 3.8) is 0 Å².